The van der Waals surface area contributed by atoms with Crippen LogP contribution in [0.2, 0.25) is 0 Å². The number of carbonyl (C=O) groups is 1. The lowest BCUT2D eigenvalue weighted by molar-refractivity contribution is 0.102. The van der Waals surface area contributed by atoms with E-state index >= 15 is 0 Å². The number of nitrogens with two attached hydrogens (primary N) is 1. The quantitative estimate of drug-likeness (QED) is 0.843. The lowest BCUT2D eigenvalue weighted by Crippen LogP contribution is -2.16. The van der Waals surface area contributed by atoms with Crippen LogP contribution >= 0.6 is 15.9 Å². The second kappa shape index (κ2) is 5.96. The van der Waals surface area contributed by atoms with Gasteiger partial charge in [0.15, 0.2) is 0 Å². The van der Waals surface area contributed by atoms with Crippen LogP contribution in [0, 0.1) is 6.92 Å². The van der Waals surface area contributed by atoms with Gasteiger partial charge in [0.05, 0.1) is 18.4 Å². The lowest BCUT2D eigenvalue weighted by atomic mass is 10.1. The molecular formula is C15H15BrN2O2. The molecule has 0 spiro atoms. The molecule has 0 aliphatic carbocycles. The number of ether oxygens (including phenoxy) is 1. The summed E-state index contributed by atoms with van der Waals surface area (Å²) in [6.07, 6.45) is 0. The highest BCUT2D eigenvalue weighted by Crippen LogP contribution is 2.28. The minimum Gasteiger partial charge on any atom is -0.497 e. The predicted molar refractivity (Wildman–Crippen MR) is 84.2 cm³/mol. The van der Waals surface area contributed by atoms with Crippen molar-refractivity contribution in [1.82, 2.24) is 0 Å². The SMILES string of the molecule is COc1ccc(Br)c(NC(=O)c2c(C)cccc2N)c1. The third kappa shape index (κ3) is 2.93. The number of benzene rings is 2. The summed E-state index contributed by atoms with van der Waals surface area (Å²) in [6, 6.07) is 10.8. The molecule has 0 atom stereocenters. The lowest BCUT2D eigenvalue weighted by Gasteiger charge is -2.12. The Bertz CT molecular complexity index is 636. The zero-order valence-corrected chi connectivity index (χ0v) is 12.8. The van der Waals surface area contributed by atoms with Crippen molar-refractivity contribution >= 4 is 33.2 Å². The second-order valence-electron chi connectivity index (χ2n) is 4.34. The molecule has 0 saturated heterocycles. The van der Waals surface area contributed by atoms with Gasteiger partial charge in [-0.25, -0.2) is 0 Å². The van der Waals surface area contributed by atoms with Gasteiger partial charge < -0.3 is 15.8 Å². The summed E-state index contributed by atoms with van der Waals surface area (Å²) < 4.78 is 5.92. The molecule has 3 N–H and O–H groups in total. The monoisotopic (exact) mass is 334 g/mol. The number of aryl methyl sites for hydroxylation is 1. The first-order chi connectivity index (χ1) is 9.52. The van der Waals surface area contributed by atoms with Crippen LogP contribution in [0.3, 0.4) is 0 Å². The van der Waals surface area contributed by atoms with Gasteiger partial charge in [0.2, 0.25) is 0 Å². The number of rotatable bonds is 3. The van der Waals surface area contributed by atoms with Crippen LogP contribution in [-0.4, -0.2) is 13.0 Å². The van der Waals surface area contributed by atoms with Crippen LogP contribution in [-0.2, 0) is 0 Å². The van der Waals surface area contributed by atoms with Crippen molar-refractivity contribution in [3.63, 3.8) is 0 Å². The minimum absolute atomic E-state index is 0.241. The number of hydrogen-bond donors (Lipinski definition) is 2. The van der Waals surface area contributed by atoms with E-state index in [-0.39, 0.29) is 5.91 Å². The highest BCUT2D eigenvalue weighted by Gasteiger charge is 2.14. The Balaban J connectivity index is 2.33. The van der Waals surface area contributed by atoms with Gasteiger partial charge >= 0.3 is 0 Å². The first-order valence-corrected chi connectivity index (χ1v) is 6.82. The molecule has 1 amide bonds. The number of methoxy groups -OCH3 is 1. The van der Waals surface area contributed by atoms with Crippen molar-refractivity contribution < 1.29 is 9.53 Å². The van der Waals surface area contributed by atoms with Crippen molar-refractivity contribution in [3.8, 4) is 5.75 Å². The van der Waals surface area contributed by atoms with Crippen LogP contribution in [0.4, 0.5) is 11.4 Å². The Kier molecular flexibility index (Phi) is 4.29. The number of amides is 1. The summed E-state index contributed by atoms with van der Waals surface area (Å²) in [5.41, 5.74) is 8.29. The van der Waals surface area contributed by atoms with Gasteiger partial charge in [0.1, 0.15) is 5.75 Å². The average Bonchev–Trinajstić information content (AvgIpc) is 2.41. The van der Waals surface area contributed by atoms with E-state index in [1.807, 2.05) is 31.2 Å². The molecule has 2 aromatic carbocycles. The molecule has 0 unspecified atom stereocenters. The molecule has 0 aliphatic heterocycles. The number of anilines is 2. The molecule has 4 nitrogen and oxygen atoms in total. The molecule has 2 aromatic rings. The fourth-order valence-corrected chi connectivity index (χ4v) is 2.26. The van der Waals surface area contributed by atoms with E-state index in [9.17, 15) is 4.79 Å². The molecule has 5 heteroatoms. The van der Waals surface area contributed by atoms with Crippen molar-refractivity contribution in [3.05, 3.63) is 52.0 Å². The molecule has 2 rings (SSSR count). The van der Waals surface area contributed by atoms with Crippen LogP contribution in [0.15, 0.2) is 40.9 Å². The molecule has 0 aliphatic rings. The molecular weight excluding hydrogens is 320 g/mol. The third-order valence-corrected chi connectivity index (χ3v) is 3.65. The highest BCUT2D eigenvalue weighted by atomic mass is 79.9. The minimum atomic E-state index is -0.241. The van der Waals surface area contributed by atoms with Crippen molar-refractivity contribution in [2.45, 2.75) is 6.92 Å². The third-order valence-electron chi connectivity index (χ3n) is 2.95. The zero-order valence-electron chi connectivity index (χ0n) is 11.2. The molecule has 0 radical (unpaired) electrons. The Hall–Kier alpha value is -2.01. The zero-order chi connectivity index (χ0) is 14.7. The van der Waals surface area contributed by atoms with Gasteiger partial charge in [-0.1, -0.05) is 12.1 Å². The van der Waals surface area contributed by atoms with Crippen LogP contribution in [0.5, 0.6) is 5.75 Å². The number of nitrogen functional groups attached to an aromatic ring is 1. The molecule has 104 valence electrons. The van der Waals surface area contributed by atoms with E-state index in [4.69, 9.17) is 10.5 Å². The molecule has 0 aromatic heterocycles. The summed E-state index contributed by atoms with van der Waals surface area (Å²) in [4.78, 5) is 12.4. The van der Waals surface area contributed by atoms with E-state index in [2.05, 4.69) is 21.2 Å². The van der Waals surface area contributed by atoms with Crippen LogP contribution in [0.25, 0.3) is 0 Å². The predicted octanol–water partition coefficient (Wildman–Crippen LogP) is 3.60. The summed E-state index contributed by atoms with van der Waals surface area (Å²) in [5.74, 6) is 0.427. The Labute approximate surface area is 126 Å². The Morgan fingerprint density at radius 2 is 2.05 bits per heavy atom. The summed E-state index contributed by atoms with van der Waals surface area (Å²) in [7, 11) is 1.58. The standard InChI is InChI=1S/C15H15BrN2O2/c1-9-4-3-5-12(17)14(9)15(19)18-13-8-10(20-2)6-7-11(13)16/h3-8H,17H2,1-2H3,(H,18,19). The number of hydrogen-bond acceptors (Lipinski definition) is 3. The normalized spacial score (nSPS) is 10.2. The smallest absolute Gasteiger partial charge is 0.258 e. The summed E-state index contributed by atoms with van der Waals surface area (Å²) >= 11 is 3.40. The Morgan fingerprint density at radius 1 is 1.30 bits per heavy atom. The van der Waals surface area contributed by atoms with E-state index in [0.29, 0.717) is 22.7 Å². The maximum atomic E-state index is 12.4. The van der Waals surface area contributed by atoms with Gasteiger partial charge in [0, 0.05) is 16.2 Å². The summed E-state index contributed by atoms with van der Waals surface area (Å²) in [5, 5.41) is 2.84. The first kappa shape index (κ1) is 14.4. The van der Waals surface area contributed by atoms with Gasteiger partial charge in [-0.05, 0) is 46.6 Å². The molecule has 20 heavy (non-hydrogen) atoms. The second-order valence-corrected chi connectivity index (χ2v) is 5.19. The molecule has 0 saturated carbocycles. The largest absolute Gasteiger partial charge is 0.497 e. The van der Waals surface area contributed by atoms with Crippen LogP contribution in [0.1, 0.15) is 15.9 Å². The van der Waals surface area contributed by atoms with Gasteiger partial charge in [0.25, 0.3) is 5.91 Å². The fourth-order valence-electron chi connectivity index (χ4n) is 1.91. The first-order valence-electron chi connectivity index (χ1n) is 6.03. The van der Waals surface area contributed by atoms with E-state index in [1.165, 1.54) is 0 Å². The number of halogens is 1. The maximum absolute atomic E-state index is 12.4. The Morgan fingerprint density at radius 3 is 2.70 bits per heavy atom. The maximum Gasteiger partial charge on any atom is 0.258 e. The van der Waals surface area contributed by atoms with Gasteiger partial charge in [-0.3, -0.25) is 4.79 Å². The topological polar surface area (TPSA) is 64.3 Å². The van der Waals surface area contributed by atoms with Crippen molar-refractivity contribution in [2.75, 3.05) is 18.2 Å². The number of nitrogens with one attached hydrogen (secondary N) is 1. The average molecular weight is 335 g/mol. The van der Waals surface area contributed by atoms with Gasteiger partial charge in [-0.2, -0.15) is 0 Å². The molecule has 0 heterocycles. The van der Waals surface area contributed by atoms with Crippen molar-refractivity contribution in [2.24, 2.45) is 0 Å². The van der Waals surface area contributed by atoms with Gasteiger partial charge in [-0.15, -0.1) is 0 Å². The number of carbonyl (C=O) groups excluding carboxylic acids is 1. The van der Waals surface area contributed by atoms with Crippen LogP contribution < -0.4 is 15.8 Å². The fraction of sp³-hybridized carbons (Fsp3) is 0.133. The van der Waals surface area contributed by atoms with Crippen molar-refractivity contribution in [1.29, 1.82) is 0 Å². The van der Waals surface area contributed by atoms with E-state index in [1.54, 1.807) is 19.2 Å². The molecule has 0 fully saturated rings. The van der Waals surface area contributed by atoms with E-state index < -0.39 is 0 Å². The highest BCUT2D eigenvalue weighted by molar-refractivity contribution is 9.10. The summed E-state index contributed by atoms with van der Waals surface area (Å²) in [6.45, 7) is 1.85. The van der Waals surface area contributed by atoms with E-state index in [0.717, 1.165) is 10.0 Å². The molecule has 0 bridgehead atoms.